The largest absolute Gasteiger partial charge is 0.313 e. The van der Waals surface area contributed by atoms with Gasteiger partial charge in [0.1, 0.15) is 0 Å². The summed E-state index contributed by atoms with van der Waals surface area (Å²) in [5, 5.41) is 3.75. The molecule has 0 spiro atoms. The molecule has 2 N–H and O–H groups in total. The monoisotopic (exact) mass is 300 g/mol. The molecule has 0 aromatic heterocycles. The maximum absolute atomic E-state index is 12.0. The van der Waals surface area contributed by atoms with Gasteiger partial charge in [-0.15, -0.1) is 0 Å². The lowest BCUT2D eigenvalue weighted by Gasteiger charge is -2.14. The molecular formula is C13H17ClN2O2S. The van der Waals surface area contributed by atoms with E-state index in [-0.39, 0.29) is 4.90 Å². The lowest BCUT2D eigenvalue weighted by molar-refractivity contribution is 0.580. The molecule has 0 unspecified atom stereocenters. The van der Waals surface area contributed by atoms with Gasteiger partial charge in [-0.25, -0.2) is 13.1 Å². The first kappa shape index (κ1) is 14.5. The summed E-state index contributed by atoms with van der Waals surface area (Å²) in [6, 6.07) is 6.17. The Balaban J connectivity index is 1.90. The molecule has 0 atom stereocenters. The smallest absolute Gasteiger partial charge is 0.240 e. The average molecular weight is 301 g/mol. The third-order valence-corrected chi connectivity index (χ3v) is 4.75. The van der Waals surface area contributed by atoms with E-state index in [9.17, 15) is 8.42 Å². The predicted octanol–water partition coefficient (Wildman–Crippen LogP) is 1.93. The van der Waals surface area contributed by atoms with Gasteiger partial charge in [0.25, 0.3) is 0 Å². The number of hydrogen-bond donors (Lipinski definition) is 2. The predicted molar refractivity (Wildman–Crippen MR) is 76.8 cm³/mol. The highest BCUT2D eigenvalue weighted by Gasteiger charge is 2.13. The number of halogens is 1. The molecule has 0 saturated carbocycles. The Morgan fingerprint density at radius 1 is 1.26 bits per heavy atom. The van der Waals surface area contributed by atoms with Crippen molar-refractivity contribution in [2.75, 3.05) is 19.6 Å². The lowest BCUT2D eigenvalue weighted by atomic mass is 10.1. The first-order valence-electron chi connectivity index (χ1n) is 6.22. The molecule has 0 saturated heterocycles. The minimum atomic E-state index is -3.43. The third kappa shape index (κ3) is 4.31. The quantitative estimate of drug-likeness (QED) is 0.817. The van der Waals surface area contributed by atoms with Crippen LogP contribution >= 0.6 is 11.6 Å². The van der Waals surface area contributed by atoms with Crippen LogP contribution in [0.15, 0.2) is 40.8 Å². The SMILES string of the molecule is O=S(=O)(NCCC1=CCNCC1)c1ccc(Cl)cc1. The molecule has 4 nitrogen and oxygen atoms in total. The Kier molecular flexibility index (Phi) is 4.99. The molecule has 19 heavy (non-hydrogen) atoms. The van der Waals surface area contributed by atoms with Crippen LogP contribution in [0, 0.1) is 0 Å². The van der Waals surface area contributed by atoms with Crippen molar-refractivity contribution in [3.63, 3.8) is 0 Å². The molecule has 0 aliphatic carbocycles. The zero-order chi connectivity index (χ0) is 13.7. The number of nitrogens with one attached hydrogen (secondary N) is 2. The van der Waals surface area contributed by atoms with Gasteiger partial charge in [0.2, 0.25) is 10.0 Å². The fraction of sp³-hybridized carbons (Fsp3) is 0.385. The van der Waals surface area contributed by atoms with Crippen molar-refractivity contribution in [1.82, 2.24) is 10.0 Å². The summed E-state index contributed by atoms with van der Waals surface area (Å²) in [4.78, 5) is 0.246. The standard InChI is InChI=1S/C13H17ClN2O2S/c14-12-1-3-13(4-2-12)19(17,18)16-10-7-11-5-8-15-9-6-11/h1-5,15-16H,6-10H2. The van der Waals surface area contributed by atoms with E-state index in [1.165, 1.54) is 17.7 Å². The van der Waals surface area contributed by atoms with Crippen LogP contribution in [0.4, 0.5) is 0 Å². The van der Waals surface area contributed by atoms with Crippen molar-refractivity contribution < 1.29 is 8.42 Å². The molecule has 1 aromatic rings. The van der Waals surface area contributed by atoms with Crippen molar-refractivity contribution >= 4 is 21.6 Å². The lowest BCUT2D eigenvalue weighted by Crippen LogP contribution is -2.26. The van der Waals surface area contributed by atoms with Crippen molar-refractivity contribution in [3.8, 4) is 0 Å². The molecule has 104 valence electrons. The Hall–Kier alpha value is -0.880. The van der Waals surface area contributed by atoms with Crippen LogP contribution in [0.1, 0.15) is 12.8 Å². The van der Waals surface area contributed by atoms with E-state index < -0.39 is 10.0 Å². The Morgan fingerprint density at radius 2 is 2.00 bits per heavy atom. The molecule has 0 bridgehead atoms. The van der Waals surface area contributed by atoms with E-state index in [0.717, 1.165) is 25.9 Å². The highest BCUT2D eigenvalue weighted by atomic mass is 35.5. The maximum Gasteiger partial charge on any atom is 0.240 e. The van der Waals surface area contributed by atoms with Gasteiger partial charge in [0.05, 0.1) is 4.90 Å². The summed E-state index contributed by atoms with van der Waals surface area (Å²) in [5.41, 5.74) is 1.30. The highest BCUT2D eigenvalue weighted by molar-refractivity contribution is 7.89. The Morgan fingerprint density at radius 3 is 2.63 bits per heavy atom. The van der Waals surface area contributed by atoms with Gasteiger partial charge >= 0.3 is 0 Å². The van der Waals surface area contributed by atoms with Crippen molar-refractivity contribution in [2.45, 2.75) is 17.7 Å². The number of sulfonamides is 1. The highest BCUT2D eigenvalue weighted by Crippen LogP contribution is 2.14. The summed E-state index contributed by atoms with van der Waals surface area (Å²) >= 11 is 5.74. The van der Waals surface area contributed by atoms with Crippen molar-refractivity contribution in [2.24, 2.45) is 0 Å². The van der Waals surface area contributed by atoms with E-state index in [4.69, 9.17) is 11.6 Å². The fourth-order valence-electron chi connectivity index (χ4n) is 1.94. The molecule has 1 aliphatic rings. The molecular weight excluding hydrogens is 284 g/mol. The summed E-state index contributed by atoms with van der Waals surface area (Å²) < 4.78 is 26.6. The molecule has 1 heterocycles. The first-order chi connectivity index (χ1) is 9.08. The van der Waals surface area contributed by atoms with Crippen LogP contribution in [-0.4, -0.2) is 28.1 Å². The van der Waals surface area contributed by atoms with E-state index >= 15 is 0 Å². The maximum atomic E-state index is 12.0. The van der Waals surface area contributed by atoms with Gasteiger partial charge in [0.15, 0.2) is 0 Å². The number of benzene rings is 1. The second-order valence-corrected chi connectivity index (χ2v) is 6.62. The van der Waals surface area contributed by atoms with E-state index in [2.05, 4.69) is 16.1 Å². The molecule has 0 radical (unpaired) electrons. The summed E-state index contributed by atoms with van der Waals surface area (Å²) in [7, 11) is -3.43. The molecule has 1 aromatic carbocycles. The average Bonchev–Trinajstić information content (AvgIpc) is 2.40. The van der Waals surface area contributed by atoms with Crippen LogP contribution in [-0.2, 0) is 10.0 Å². The molecule has 0 amide bonds. The Bertz CT molecular complexity index is 553. The summed E-state index contributed by atoms with van der Waals surface area (Å²) in [6.45, 7) is 2.27. The van der Waals surface area contributed by atoms with Gasteiger partial charge in [-0.1, -0.05) is 23.3 Å². The van der Waals surface area contributed by atoms with Gasteiger partial charge in [-0.05, 0) is 43.7 Å². The Labute approximate surface area is 118 Å². The van der Waals surface area contributed by atoms with Crippen LogP contribution in [0.5, 0.6) is 0 Å². The van der Waals surface area contributed by atoms with E-state index in [1.54, 1.807) is 12.1 Å². The van der Waals surface area contributed by atoms with Gasteiger partial charge < -0.3 is 5.32 Å². The zero-order valence-corrected chi connectivity index (χ0v) is 12.1. The normalized spacial score (nSPS) is 16.2. The van der Waals surface area contributed by atoms with Gasteiger partial charge in [-0.2, -0.15) is 0 Å². The van der Waals surface area contributed by atoms with Crippen molar-refractivity contribution in [3.05, 3.63) is 40.9 Å². The van der Waals surface area contributed by atoms with Crippen LogP contribution in [0.25, 0.3) is 0 Å². The van der Waals surface area contributed by atoms with Crippen LogP contribution in [0.3, 0.4) is 0 Å². The number of hydrogen-bond acceptors (Lipinski definition) is 3. The molecule has 0 fully saturated rings. The van der Waals surface area contributed by atoms with Crippen molar-refractivity contribution in [1.29, 1.82) is 0 Å². The zero-order valence-electron chi connectivity index (χ0n) is 10.5. The van der Waals surface area contributed by atoms with Gasteiger partial charge in [0, 0.05) is 18.1 Å². The minimum Gasteiger partial charge on any atom is -0.313 e. The first-order valence-corrected chi connectivity index (χ1v) is 8.08. The molecule has 6 heteroatoms. The van der Waals surface area contributed by atoms with Crippen LogP contribution < -0.4 is 10.0 Å². The molecule has 2 rings (SSSR count). The second kappa shape index (κ2) is 6.52. The topological polar surface area (TPSA) is 58.2 Å². The summed E-state index contributed by atoms with van der Waals surface area (Å²) in [6.07, 6.45) is 3.87. The minimum absolute atomic E-state index is 0.246. The number of rotatable bonds is 5. The molecule has 1 aliphatic heterocycles. The van der Waals surface area contributed by atoms with E-state index in [1.807, 2.05) is 0 Å². The third-order valence-electron chi connectivity index (χ3n) is 3.02. The second-order valence-electron chi connectivity index (χ2n) is 4.42. The van der Waals surface area contributed by atoms with Gasteiger partial charge in [-0.3, -0.25) is 0 Å². The van der Waals surface area contributed by atoms with E-state index in [0.29, 0.717) is 11.6 Å². The summed E-state index contributed by atoms with van der Waals surface area (Å²) in [5.74, 6) is 0. The fourth-order valence-corrected chi connectivity index (χ4v) is 3.10. The van der Waals surface area contributed by atoms with Crippen LogP contribution in [0.2, 0.25) is 5.02 Å².